The molecule has 0 amide bonds. The topological polar surface area (TPSA) is 17.8 Å². The summed E-state index contributed by atoms with van der Waals surface area (Å²) in [5, 5.41) is 4.72. The molecular weight excluding hydrogens is 291 g/mol. The van der Waals surface area contributed by atoms with Gasteiger partial charge in [0, 0.05) is 16.5 Å². The highest BCUT2D eigenvalue weighted by Gasteiger charge is 2.15. The molecule has 0 bridgehead atoms. The van der Waals surface area contributed by atoms with Gasteiger partial charge in [0.1, 0.15) is 0 Å². The highest BCUT2D eigenvalue weighted by Crippen LogP contribution is 2.34. The van der Waals surface area contributed by atoms with Gasteiger partial charge in [0.25, 0.3) is 0 Å². The summed E-state index contributed by atoms with van der Waals surface area (Å²) in [6.07, 6.45) is 0. The van der Waals surface area contributed by atoms with Crippen molar-refractivity contribution < 1.29 is 0 Å². The molecule has 5 aromatic rings. The lowest BCUT2D eigenvalue weighted by molar-refractivity contribution is 1.15. The van der Waals surface area contributed by atoms with Gasteiger partial charge in [-0.15, -0.1) is 0 Å². The Labute approximate surface area is 140 Å². The minimum absolute atomic E-state index is 0.512. The van der Waals surface area contributed by atoms with E-state index in [-0.39, 0.29) is 0 Å². The number of nitrogens with zero attached hydrogens (tertiary/aromatic N) is 2. The Morgan fingerprint density at radius 1 is 0.625 bits per heavy atom. The van der Waals surface area contributed by atoms with Gasteiger partial charge in [0.2, 0.25) is 0 Å². The van der Waals surface area contributed by atoms with E-state index in [1.807, 2.05) is 28.8 Å². The van der Waals surface area contributed by atoms with E-state index in [1.54, 1.807) is 0 Å². The van der Waals surface area contributed by atoms with E-state index >= 15 is 0 Å². The van der Waals surface area contributed by atoms with Gasteiger partial charge in [-0.05, 0) is 22.9 Å². The number of para-hydroxylation sites is 1. The quantitative estimate of drug-likeness (QED) is 0.336. The third kappa shape index (κ3) is 1.75. The number of aromatic nitrogens is 2. The number of fused-ring (bicyclic) bond motifs is 6. The standard InChI is InChI=1S/C21H13BN2/c22-21-23-19-17-12-6-4-10-15(17)16-11-5-7-13-18(16)20(19)24(21)14-8-2-1-3-9-14/h1-13H. The molecule has 0 atom stereocenters. The van der Waals surface area contributed by atoms with Crippen molar-refractivity contribution in [1.29, 1.82) is 0 Å². The first kappa shape index (κ1) is 13.4. The molecule has 24 heavy (non-hydrogen) atoms. The largest absolute Gasteiger partial charge is 0.305 e. The van der Waals surface area contributed by atoms with Gasteiger partial charge in [-0.25, -0.2) is 4.98 Å². The fourth-order valence-corrected chi connectivity index (χ4v) is 3.56. The van der Waals surface area contributed by atoms with E-state index < -0.39 is 0 Å². The first-order valence-corrected chi connectivity index (χ1v) is 7.97. The molecule has 110 valence electrons. The van der Waals surface area contributed by atoms with E-state index in [9.17, 15) is 0 Å². The minimum Gasteiger partial charge on any atom is -0.305 e. The van der Waals surface area contributed by atoms with Gasteiger partial charge in [0.05, 0.1) is 16.8 Å². The van der Waals surface area contributed by atoms with Crippen molar-refractivity contribution in [3.05, 3.63) is 78.9 Å². The first-order chi connectivity index (χ1) is 11.8. The number of rotatable bonds is 1. The molecule has 2 nitrogen and oxygen atoms in total. The van der Waals surface area contributed by atoms with E-state index in [0.29, 0.717) is 5.72 Å². The second kappa shape index (κ2) is 4.97. The van der Waals surface area contributed by atoms with Crippen molar-refractivity contribution in [2.45, 2.75) is 0 Å². The summed E-state index contributed by atoms with van der Waals surface area (Å²) >= 11 is 0. The summed E-state index contributed by atoms with van der Waals surface area (Å²) < 4.78 is 2.05. The van der Waals surface area contributed by atoms with Crippen molar-refractivity contribution in [3.8, 4) is 5.69 Å². The highest BCUT2D eigenvalue weighted by molar-refractivity contribution is 6.33. The summed E-state index contributed by atoms with van der Waals surface area (Å²) in [6, 6.07) is 27.0. The van der Waals surface area contributed by atoms with Crippen molar-refractivity contribution in [2.24, 2.45) is 0 Å². The Bertz CT molecular complexity index is 1210. The maximum absolute atomic E-state index is 6.32. The van der Waals surface area contributed by atoms with Crippen LogP contribution in [0.15, 0.2) is 78.9 Å². The van der Waals surface area contributed by atoms with Crippen molar-refractivity contribution in [2.75, 3.05) is 0 Å². The average Bonchev–Trinajstić information content (AvgIpc) is 3.00. The van der Waals surface area contributed by atoms with Crippen molar-refractivity contribution >= 4 is 46.1 Å². The molecule has 5 rings (SSSR count). The van der Waals surface area contributed by atoms with E-state index in [1.165, 1.54) is 16.2 Å². The Balaban J connectivity index is 2.09. The molecule has 3 heteroatoms. The monoisotopic (exact) mass is 304 g/mol. The normalized spacial score (nSPS) is 11.5. The van der Waals surface area contributed by atoms with Crippen molar-refractivity contribution in [1.82, 2.24) is 9.55 Å². The van der Waals surface area contributed by atoms with Crippen LogP contribution in [0.2, 0.25) is 0 Å². The molecule has 0 aliphatic rings. The van der Waals surface area contributed by atoms with Gasteiger partial charge in [0.15, 0.2) is 7.85 Å². The second-order valence-corrected chi connectivity index (χ2v) is 5.93. The number of hydrogen-bond donors (Lipinski definition) is 0. The van der Waals surface area contributed by atoms with Gasteiger partial charge in [-0.1, -0.05) is 66.7 Å². The molecule has 0 fully saturated rings. The summed E-state index contributed by atoms with van der Waals surface area (Å²) in [5.74, 6) is 0. The molecule has 0 aliphatic carbocycles. The lowest BCUT2D eigenvalue weighted by atomic mass is 10.00. The summed E-state index contributed by atoms with van der Waals surface area (Å²) in [4.78, 5) is 4.71. The molecule has 0 N–H and O–H groups in total. The fourth-order valence-electron chi connectivity index (χ4n) is 3.56. The van der Waals surface area contributed by atoms with Crippen LogP contribution in [0.4, 0.5) is 0 Å². The number of imidazole rings is 1. The molecular formula is C21H13BN2. The zero-order chi connectivity index (χ0) is 16.1. The zero-order valence-electron chi connectivity index (χ0n) is 13.0. The lowest BCUT2D eigenvalue weighted by Crippen LogP contribution is -2.17. The molecule has 4 aromatic carbocycles. The van der Waals surface area contributed by atoms with E-state index in [0.717, 1.165) is 22.1 Å². The number of hydrogen-bond acceptors (Lipinski definition) is 1. The summed E-state index contributed by atoms with van der Waals surface area (Å²) in [7, 11) is 6.32. The van der Waals surface area contributed by atoms with Crippen LogP contribution < -0.4 is 5.72 Å². The minimum atomic E-state index is 0.512. The van der Waals surface area contributed by atoms with Crippen LogP contribution in [-0.2, 0) is 0 Å². The summed E-state index contributed by atoms with van der Waals surface area (Å²) in [5.41, 5.74) is 3.55. The van der Waals surface area contributed by atoms with Crippen LogP contribution in [0.25, 0.3) is 38.3 Å². The van der Waals surface area contributed by atoms with Gasteiger partial charge >= 0.3 is 0 Å². The smallest absolute Gasteiger partial charge is 0.168 e. The van der Waals surface area contributed by atoms with Crippen LogP contribution >= 0.6 is 0 Å². The average molecular weight is 304 g/mol. The Morgan fingerprint density at radius 2 is 1.17 bits per heavy atom. The fraction of sp³-hybridized carbons (Fsp3) is 0. The molecule has 0 saturated carbocycles. The van der Waals surface area contributed by atoms with Gasteiger partial charge < -0.3 is 4.57 Å². The lowest BCUT2D eigenvalue weighted by Gasteiger charge is -2.11. The zero-order valence-corrected chi connectivity index (χ0v) is 13.0. The third-order valence-corrected chi connectivity index (χ3v) is 4.57. The number of benzene rings is 4. The molecule has 1 heterocycles. The maximum atomic E-state index is 6.32. The third-order valence-electron chi connectivity index (χ3n) is 4.57. The SMILES string of the molecule is [B]c1nc2c3ccccc3c3ccccc3c2n1-c1ccccc1. The predicted octanol–water partition coefficient (Wildman–Crippen LogP) is 4.13. The molecule has 0 aliphatic heterocycles. The Morgan fingerprint density at radius 3 is 1.88 bits per heavy atom. The van der Waals surface area contributed by atoms with Crippen LogP contribution in [0, 0.1) is 0 Å². The van der Waals surface area contributed by atoms with Crippen LogP contribution in [0.5, 0.6) is 0 Å². The second-order valence-electron chi connectivity index (χ2n) is 5.93. The Kier molecular flexibility index (Phi) is 2.77. The van der Waals surface area contributed by atoms with E-state index in [4.69, 9.17) is 12.8 Å². The van der Waals surface area contributed by atoms with E-state index in [2.05, 4.69) is 54.6 Å². The molecule has 0 unspecified atom stereocenters. The predicted molar refractivity (Wildman–Crippen MR) is 101 cm³/mol. The molecule has 0 saturated heterocycles. The molecule has 1 aromatic heterocycles. The van der Waals surface area contributed by atoms with Crippen LogP contribution in [0.1, 0.15) is 0 Å². The van der Waals surface area contributed by atoms with Gasteiger partial charge in [-0.3, -0.25) is 0 Å². The van der Waals surface area contributed by atoms with Crippen LogP contribution in [-0.4, -0.2) is 17.4 Å². The molecule has 0 spiro atoms. The molecule has 2 radical (unpaired) electrons. The van der Waals surface area contributed by atoms with Gasteiger partial charge in [-0.2, -0.15) is 0 Å². The van der Waals surface area contributed by atoms with Crippen molar-refractivity contribution in [3.63, 3.8) is 0 Å². The van der Waals surface area contributed by atoms with Crippen LogP contribution in [0.3, 0.4) is 0 Å². The first-order valence-electron chi connectivity index (χ1n) is 7.97. The maximum Gasteiger partial charge on any atom is 0.168 e. The highest BCUT2D eigenvalue weighted by atomic mass is 15.1. The summed E-state index contributed by atoms with van der Waals surface area (Å²) in [6.45, 7) is 0. The Hall–Kier alpha value is -3.07.